The lowest BCUT2D eigenvalue weighted by molar-refractivity contribution is 0.311. The summed E-state index contributed by atoms with van der Waals surface area (Å²) < 4.78 is 5.48. The van der Waals surface area contributed by atoms with Gasteiger partial charge in [0.2, 0.25) is 5.88 Å². The molecule has 0 amide bonds. The summed E-state index contributed by atoms with van der Waals surface area (Å²) in [5, 5.41) is 2.05. The summed E-state index contributed by atoms with van der Waals surface area (Å²) in [4.78, 5) is 5.32. The van der Waals surface area contributed by atoms with Crippen molar-refractivity contribution in [3.05, 3.63) is 34.5 Å². The minimum absolute atomic E-state index is 0.314. The summed E-state index contributed by atoms with van der Waals surface area (Å²) in [5.74, 6) is 0.830. The van der Waals surface area contributed by atoms with Gasteiger partial charge in [-0.3, -0.25) is 0 Å². The van der Waals surface area contributed by atoms with Gasteiger partial charge in [-0.05, 0) is 17.5 Å². The van der Waals surface area contributed by atoms with E-state index in [9.17, 15) is 0 Å². The first kappa shape index (κ1) is 10.8. The van der Waals surface area contributed by atoms with E-state index in [0.29, 0.717) is 24.0 Å². The Kier molecular flexibility index (Phi) is 3.26. The van der Waals surface area contributed by atoms with Gasteiger partial charge in [-0.2, -0.15) is 4.98 Å². The molecule has 84 valence electrons. The van der Waals surface area contributed by atoms with Gasteiger partial charge in [0.15, 0.2) is 5.82 Å². The maximum absolute atomic E-state index is 5.57. The molecule has 0 fully saturated rings. The lowest BCUT2D eigenvalue weighted by atomic mass is 10.3. The zero-order valence-electron chi connectivity index (χ0n) is 8.72. The molecule has 5 heteroatoms. The highest BCUT2D eigenvalue weighted by Crippen LogP contribution is 2.17. The number of rotatable bonds is 4. The topological polar surface area (TPSA) is 74.2 Å². The molecule has 0 aliphatic carbocycles. The van der Waals surface area contributed by atoms with Crippen molar-refractivity contribution in [3.8, 4) is 5.88 Å². The van der Waals surface area contributed by atoms with Crippen LogP contribution in [0.2, 0.25) is 0 Å². The molecule has 0 bridgehead atoms. The van der Waals surface area contributed by atoms with Gasteiger partial charge in [0, 0.05) is 17.4 Å². The van der Waals surface area contributed by atoms with Crippen LogP contribution in [-0.4, -0.2) is 11.6 Å². The number of ether oxygens (including phenoxy) is 1. The van der Waals surface area contributed by atoms with E-state index in [4.69, 9.17) is 16.2 Å². The van der Waals surface area contributed by atoms with Crippen LogP contribution in [0.3, 0.4) is 0 Å². The van der Waals surface area contributed by atoms with Crippen molar-refractivity contribution in [2.75, 3.05) is 18.1 Å². The Labute approximate surface area is 97.9 Å². The van der Waals surface area contributed by atoms with Crippen LogP contribution in [0.4, 0.5) is 11.5 Å². The fourth-order valence-corrected chi connectivity index (χ4v) is 1.95. The maximum Gasteiger partial charge on any atom is 0.215 e. The molecule has 0 aromatic carbocycles. The van der Waals surface area contributed by atoms with Crippen LogP contribution in [0, 0.1) is 0 Å². The third-order valence-corrected chi connectivity index (χ3v) is 3.05. The quantitative estimate of drug-likeness (QED) is 0.849. The van der Waals surface area contributed by atoms with E-state index in [-0.39, 0.29) is 0 Å². The first-order chi connectivity index (χ1) is 7.75. The highest BCUT2D eigenvalue weighted by molar-refractivity contribution is 7.09. The number of anilines is 2. The smallest absolute Gasteiger partial charge is 0.215 e. The fraction of sp³-hybridized carbons (Fsp3) is 0.182. The van der Waals surface area contributed by atoms with Crippen LogP contribution in [0.25, 0.3) is 0 Å². The molecule has 0 saturated heterocycles. The highest BCUT2D eigenvalue weighted by atomic mass is 32.1. The van der Waals surface area contributed by atoms with Crippen LogP contribution >= 0.6 is 11.3 Å². The first-order valence-electron chi connectivity index (χ1n) is 4.93. The summed E-state index contributed by atoms with van der Waals surface area (Å²) in [6.45, 7) is 0.594. The molecule has 0 atom stereocenters. The number of nitrogen functional groups attached to an aromatic ring is 2. The molecule has 4 nitrogen and oxygen atoms in total. The molecule has 0 aliphatic rings. The molecule has 2 aromatic rings. The van der Waals surface area contributed by atoms with Crippen molar-refractivity contribution in [2.45, 2.75) is 6.42 Å². The normalized spacial score (nSPS) is 10.2. The van der Waals surface area contributed by atoms with Gasteiger partial charge in [-0.25, -0.2) is 0 Å². The van der Waals surface area contributed by atoms with Gasteiger partial charge in [-0.15, -0.1) is 11.3 Å². The van der Waals surface area contributed by atoms with Crippen molar-refractivity contribution in [3.63, 3.8) is 0 Å². The third-order valence-electron chi connectivity index (χ3n) is 2.11. The van der Waals surface area contributed by atoms with Gasteiger partial charge in [0.05, 0.1) is 12.3 Å². The lowest BCUT2D eigenvalue weighted by Gasteiger charge is -2.05. The van der Waals surface area contributed by atoms with Crippen LogP contribution in [0.5, 0.6) is 5.88 Å². The highest BCUT2D eigenvalue weighted by Gasteiger charge is 2.00. The number of nitrogens with two attached hydrogens (primary N) is 2. The van der Waals surface area contributed by atoms with Gasteiger partial charge in [0.1, 0.15) is 0 Å². The molecule has 4 N–H and O–H groups in total. The van der Waals surface area contributed by atoms with Gasteiger partial charge in [-0.1, -0.05) is 6.07 Å². The Hall–Kier alpha value is -1.75. The number of thiophene rings is 1. The predicted molar refractivity (Wildman–Crippen MR) is 66.6 cm³/mol. The number of pyridine rings is 1. The van der Waals surface area contributed by atoms with Crippen molar-refractivity contribution in [1.82, 2.24) is 4.98 Å². The SMILES string of the molecule is Nc1ccc(OCCc2cccs2)nc1N. The Morgan fingerprint density at radius 1 is 1.25 bits per heavy atom. The van der Waals surface area contributed by atoms with E-state index in [1.807, 2.05) is 6.07 Å². The zero-order chi connectivity index (χ0) is 11.4. The lowest BCUT2D eigenvalue weighted by Crippen LogP contribution is -2.04. The second kappa shape index (κ2) is 4.85. The fourth-order valence-electron chi connectivity index (χ4n) is 1.26. The molecule has 0 unspecified atom stereocenters. The average molecular weight is 235 g/mol. The van der Waals surface area contributed by atoms with E-state index in [0.717, 1.165) is 6.42 Å². The number of hydrogen-bond acceptors (Lipinski definition) is 5. The molecule has 0 spiro atoms. The molecule has 2 aromatic heterocycles. The number of hydrogen-bond donors (Lipinski definition) is 2. The number of nitrogens with zero attached hydrogens (tertiary/aromatic N) is 1. The Balaban J connectivity index is 1.87. The summed E-state index contributed by atoms with van der Waals surface area (Å²) in [7, 11) is 0. The Bertz CT molecular complexity index is 456. The van der Waals surface area contributed by atoms with Gasteiger partial charge < -0.3 is 16.2 Å². The van der Waals surface area contributed by atoms with Crippen molar-refractivity contribution >= 4 is 22.8 Å². The molecular formula is C11H13N3OS. The Morgan fingerprint density at radius 3 is 2.81 bits per heavy atom. The van der Waals surface area contributed by atoms with E-state index in [1.54, 1.807) is 23.5 Å². The summed E-state index contributed by atoms with van der Waals surface area (Å²) in [6.07, 6.45) is 0.879. The van der Waals surface area contributed by atoms with Gasteiger partial charge >= 0.3 is 0 Å². The monoisotopic (exact) mass is 235 g/mol. The summed E-state index contributed by atoms with van der Waals surface area (Å²) in [5.41, 5.74) is 11.6. The second-order valence-electron chi connectivity index (χ2n) is 3.30. The maximum atomic E-state index is 5.57. The first-order valence-corrected chi connectivity index (χ1v) is 5.81. The zero-order valence-corrected chi connectivity index (χ0v) is 9.54. The van der Waals surface area contributed by atoms with Crippen LogP contribution in [-0.2, 0) is 6.42 Å². The van der Waals surface area contributed by atoms with Crippen LogP contribution < -0.4 is 16.2 Å². The van der Waals surface area contributed by atoms with Gasteiger partial charge in [0.25, 0.3) is 0 Å². The molecular weight excluding hydrogens is 222 g/mol. The standard InChI is InChI=1S/C11H13N3OS/c12-9-3-4-10(14-11(9)13)15-6-5-8-2-1-7-16-8/h1-4,7H,5-6,12H2,(H2,13,14). The summed E-state index contributed by atoms with van der Waals surface area (Å²) >= 11 is 1.72. The largest absolute Gasteiger partial charge is 0.477 e. The van der Waals surface area contributed by atoms with E-state index in [2.05, 4.69) is 16.4 Å². The minimum Gasteiger partial charge on any atom is -0.477 e. The van der Waals surface area contributed by atoms with E-state index >= 15 is 0 Å². The van der Waals surface area contributed by atoms with Crippen LogP contribution in [0.1, 0.15) is 4.88 Å². The van der Waals surface area contributed by atoms with Crippen molar-refractivity contribution in [2.24, 2.45) is 0 Å². The molecule has 0 saturated carbocycles. The Morgan fingerprint density at radius 2 is 2.12 bits per heavy atom. The third kappa shape index (κ3) is 2.64. The second-order valence-corrected chi connectivity index (χ2v) is 4.33. The van der Waals surface area contributed by atoms with Crippen LogP contribution in [0.15, 0.2) is 29.6 Å². The summed E-state index contributed by atoms with van der Waals surface area (Å²) in [6, 6.07) is 7.53. The molecule has 16 heavy (non-hydrogen) atoms. The molecule has 2 rings (SSSR count). The predicted octanol–water partition coefficient (Wildman–Crippen LogP) is 1.93. The number of aromatic nitrogens is 1. The molecule has 0 radical (unpaired) electrons. The average Bonchev–Trinajstić information content (AvgIpc) is 2.76. The van der Waals surface area contributed by atoms with E-state index < -0.39 is 0 Å². The minimum atomic E-state index is 0.314. The van der Waals surface area contributed by atoms with E-state index in [1.165, 1.54) is 4.88 Å². The van der Waals surface area contributed by atoms with Crippen molar-refractivity contribution < 1.29 is 4.74 Å². The molecule has 2 heterocycles. The molecule has 0 aliphatic heterocycles. The van der Waals surface area contributed by atoms with Crippen molar-refractivity contribution in [1.29, 1.82) is 0 Å².